The van der Waals surface area contributed by atoms with E-state index in [9.17, 15) is 0 Å². The van der Waals surface area contributed by atoms with E-state index in [0.29, 0.717) is 13.3 Å². The molecule has 98 valence electrons. The SMILES string of the molecule is Cc1ccc(C2(CN)CCCCC2)c2c1OCO2. The molecule has 1 saturated carbocycles. The highest BCUT2D eigenvalue weighted by atomic mass is 16.7. The lowest BCUT2D eigenvalue weighted by Gasteiger charge is -2.37. The van der Waals surface area contributed by atoms with Gasteiger partial charge in [0.25, 0.3) is 0 Å². The van der Waals surface area contributed by atoms with Gasteiger partial charge in [-0.05, 0) is 25.3 Å². The minimum absolute atomic E-state index is 0.101. The molecule has 1 fully saturated rings. The molecule has 0 unspecified atom stereocenters. The van der Waals surface area contributed by atoms with E-state index in [-0.39, 0.29) is 5.41 Å². The number of ether oxygens (including phenoxy) is 2. The summed E-state index contributed by atoms with van der Waals surface area (Å²) >= 11 is 0. The molecular weight excluding hydrogens is 226 g/mol. The molecule has 0 bridgehead atoms. The predicted octanol–water partition coefficient (Wildman–Crippen LogP) is 2.88. The smallest absolute Gasteiger partial charge is 0.231 e. The molecule has 2 N–H and O–H groups in total. The van der Waals surface area contributed by atoms with E-state index in [1.807, 2.05) is 0 Å². The fourth-order valence-corrected chi connectivity index (χ4v) is 3.36. The number of aryl methyl sites for hydroxylation is 1. The van der Waals surface area contributed by atoms with E-state index in [0.717, 1.165) is 17.1 Å². The first-order chi connectivity index (χ1) is 8.77. The van der Waals surface area contributed by atoms with Crippen LogP contribution in [-0.2, 0) is 5.41 Å². The normalized spacial score (nSPS) is 21.0. The van der Waals surface area contributed by atoms with Crippen molar-refractivity contribution >= 4 is 0 Å². The molecule has 1 aromatic carbocycles. The predicted molar refractivity (Wildman–Crippen MR) is 71.1 cm³/mol. The van der Waals surface area contributed by atoms with Crippen molar-refractivity contribution in [3.05, 3.63) is 23.3 Å². The van der Waals surface area contributed by atoms with Gasteiger partial charge in [0.05, 0.1) is 0 Å². The minimum Gasteiger partial charge on any atom is -0.453 e. The Morgan fingerprint density at radius 3 is 2.56 bits per heavy atom. The zero-order chi connectivity index (χ0) is 12.6. The lowest BCUT2D eigenvalue weighted by atomic mass is 9.69. The summed E-state index contributed by atoms with van der Waals surface area (Å²) in [6, 6.07) is 4.33. The second kappa shape index (κ2) is 4.47. The molecule has 3 nitrogen and oxygen atoms in total. The number of nitrogens with two attached hydrogens (primary N) is 1. The van der Waals surface area contributed by atoms with Gasteiger partial charge in [0.1, 0.15) is 0 Å². The Kier molecular flexibility index (Phi) is 2.94. The van der Waals surface area contributed by atoms with Crippen molar-refractivity contribution in [2.75, 3.05) is 13.3 Å². The molecule has 1 aliphatic heterocycles. The third-order valence-electron chi connectivity index (χ3n) is 4.49. The molecule has 3 rings (SSSR count). The van der Waals surface area contributed by atoms with E-state index >= 15 is 0 Å². The first-order valence-electron chi connectivity index (χ1n) is 6.87. The van der Waals surface area contributed by atoms with Crippen molar-refractivity contribution in [2.45, 2.75) is 44.4 Å². The largest absolute Gasteiger partial charge is 0.453 e. The maximum atomic E-state index is 6.11. The quantitative estimate of drug-likeness (QED) is 0.874. The molecule has 3 heteroatoms. The van der Waals surface area contributed by atoms with E-state index < -0.39 is 0 Å². The van der Waals surface area contributed by atoms with Crippen LogP contribution in [0.2, 0.25) is 0 Å². The van der Waals surface area contributed by atoms with Crippen LogP contribution >= 0.6 is 0 Å². The number of fused-ring (bicyclic) bond motifs is 1. The van der Waals surface area contributed by atoms with Gasteiger partial charge in [0.2, 0.25) is 6.79 Å². The monoisotopic (exact) mass is 247 g/mol. The average Bonchev–Trinajstić information content (AvgIpc) is 2.90. The summed E-state index contributed by atoms with van der Waals surface area (Å²) in [7, 11) is 0. The summed E-state index contributed by atoms with van der Waals surface area (Å²) in [4.78, 5) is 0. The molecule has 1 aromatic rings. The molecule has 1 heterocycles. The summed E-state index contributed by atoms with van der Waals surface area (Å²) in [5.41, 5.74) is 8.62. The van der Waals surface area contributed by atoms with Crippen molar-refractivity contribution in [3.63, 3.8) is 0 Å². The first kappa shape index (κ1) is 11.8. The average molecular weight is 247 g/mol. The Morgan fingerprint density at radius 2 is 1.83 bits per heavy atom. The fraction of sp³-hybridized carbons (Fsp3) is 0.600. The highest BCUT2D eigenvalue weighted by molar-refractivity contribution is 5.55. The van der Waals surface area contributed by atoms with Gasteiger partial charge in [-0.25, -0.2) is 0 Å². The number of benzene rings is 1. The summed E-state index contributed by atoms with van der Waals surface area (Å²) in [6.45, 7) is 3.10. The molecule has 0 spiro atoms. The maximum Gasteiger partial charge on any atom is 0.231 e. The lowest BCUT2D eigenvalue weighted by Crippen LogP contribution is -2.37. The van der Waals surface area contributed by atoms with Crippen LogP contribution < -0.4 is 15.2 Å². The van der Waals surface area contributed by atoms with Crippen LogP contribution in [0.3, 0.4) is 0 Å². The molecule has 0 aromatic heterocycles. The van der Waals surface area contributed by atoms with E-state index in [2.05, 4.69) is 19.1 Å². The molecule has 0 amide bonds. The Morgan fingerprint density at radius 1 is 1.11 bits per heavy atom. The Bertz CT molecular complexity index is 450. The lowest BCUT2D eigenvalue weighted by molar-refractivity contribution is 0.170. The second-order valence-corrected chi connectivity index (χ2v) is 5.54. The highest BCUT2D eigenvalue weighted by Crippen LogP contribution is 2.48. The van der Waals surface area contributed by atoms with Gasteiger partial charge < -0.3 is 15.2 Å². The molecule has 0 saturated heterocycles. The molecule has 0 radical (unpaired) electrons. The zero-order valence-electron chi connectivity index (χ0n) is 11.0. The number of hydrogen-bond donors (Lipinski definition) is 1. The van der Waals surface area contributed by atoms with Gasteiger partial charge in [0, 0.05) is 17.5 Å². The summed E-state index contributed by atoms with van der Waals surface area (Å²) in [5.74, 6) is 1.87. The standard InChI is InChI=1S/C15H21NO2/c1-11-5-6-12(14-13(11)17-10-18-14)15(9-16)7-3-2-4-8-15/h5-6H,2-4,7-10,16H2,1H3. The summed E-state index contributed by atoms with van der Waals surface area (Å²) in [6.07, 6.45) is 6.19. The van der Waals surface area contributed by atoms with E-state index in [1.165, 1.54) is 37.7 Å². The van der Waals surface area contributed by atoms with Crippen LogP contribution in [0.5, 0.6) is 11.5 Å². The van der Waals surface area contributed by atoms with Gasteiger partial charge >= 0.3 is 0 Å². The van der Waals surface area contributed by atoms with Crippen molar-refractivity contribution in [2.24, 2.45) is 5.73 Å². The van der Waals surface area contributed by atoms with Gasteiger partial charge in [-0.3, -0.25) is 0 Å². The van der Waals surface area contributed by atoms with Crippen molar-refractivity contribution in [3.8, 4) is 11.5 Å². The Hall–Kier alpha value is -1.22. The molecule has 2 aliphatic rings. The molecule has 0 atom stereocenters. The molecule has 18 heavy (non-hydrogen) atoms. The van der Waals surface area contributed by atoms with Gasteiger partial charge in [0.15, 0.2) is 11.5 Å². The van der Waals surface area contributed by atoms with Crippen molar-refractivity contribution in [1.82, 2.24) is 0 Å². The third-order valence-corrected chi connectivity index (χ3v) is 4.49. The van der Waals surface area contributed by atoms with Crippen LogP contribution in [0.25, 0.3) is 0 Å². The Labute approximate surface area is 108 Å². The molecular formula is C15H21NO2. The highest BCUT2D eigenvalue weighted by Gasteiger charge is 2.37. The van der Waals surface area contributed by atoms with Crippen LogP contribution in [0.1, 0.15) is 43.2 Å². The fourth-order valence-electron chi connectivity index (χ4n) is 3.36. The summed E-state index contributed by atoms with van der Waals surface area (Å²) in [5, 5.41) is 0. The van der Waals surface area contributed by atoms with E-state index in [4.69, 9.17) is 15.2 Å². The van der Waals surface area contributed by atoms with Gasteiger partial charge in [-0.15, -0.1) is 0 Å². The summed E-state index contributed by atoms with van der Waals surface area (Å²) < 4.78 is 11.3. The topological polar surface area (TPSA) is 44.5 Å². The zero-order valence-corrected chi connectivity index (χ0v) is 11.0. The van der Waals surface area contributed by atoms with Crippen molar-refractivity contribution in [1.29, 1.82) is 0 Å². The second-order valence-electron chi connectivity index (χ2n) is 5.54. The van der Waals surface area contributed by atoms with Crippen LogP contribution in [0.4, 0.5) is 0 Å². The third kappa shape index (κ3) is 1.69. The maximum absolute atomic E-state index is 6.11. The van der Waals surface area contributed by atoms with Crippen LogP contribution in [0, 0.1) is 6.92 Å². The van der Waals surface area contributed by atoms with Crippen molar-refractivity contribution < 1.29 is 9.47 Å². The van der Waals surface area contributed by atoms with Gasteiger partial charge in [-0.1, -0.05) is 31.4 Å². The number of hydrogen-bond acceptors (Lipinski definition) is 3. The van der Waals surface area contributed by atoms with E-state index in [1.54, 1.807) is 0 Å². The minimum atomic E-state index is 0.101. The van der Waals surface area contributed by atoms with Crippen LogP contribution in [0.15, 0.2) is 12.1 Å². The Balaban J connectivity index is 2.08. The first-order valence-corrected chi connectivity index (χ1v) is 6.87. The van der Waals surface area contributed by atoms with Crippen LogP contribution in [-0.4, -0.2) is 13.3 Å². The number of rotatable bonds is 2. The van der Waals surface area contributed by atoms with Gasteiger partial charge in [-0.2, -0.15) is 0 Å². The molecule has 1 aliphatic carbocycles.